The van der Waals surface area contributed by atoms with Crippen LogP contribution in [0.4, 0.5) is 4.79 Å². The number of carbonyl (C=O) groups is 12. The normalized spacial score (nSPS) is 21.0. The number of aliphatic hydroxyl groups is 1. The number of methoxy groups -OCH3 is 2. The van der Waals surface area contributed by atoms with E-state index in [2.05, 4.69) is 31.9 Å². The van der Waals surface area contributed by atoms with E-state index < -0.39 is 177 Å². The highest BCUT2D eigenvalue weighted by atomic mass is 16.7. The van der Waals surface area contributed by atoms with Gasteiger partial charge in [0.1, 0.15) is 98.5 Å². The Morgan fingerprint density at radius 3 is 1.53 bits per heavy atom. The number of ketones is 1. The first-order chi connectivity index (χ1) is 46.6. The largest absolute Gasteiger partial charge is 0.497 e. The van der Waals surface area contributed by atoms with Crippen LogP contribution in [0.3, 0.4) is 0 Å². The summed E-state index contributed by atoms with van der Waals surface area (Å²) in [6.07, 6.45) is -12.1. The second kappa shape index (κ2) is 39.8. The van der Waals surface area contributed by atoms with Crippen molar-refractivity contribution in [2.75, 3.05) is 73.5 Å². The molecule has 3 aromatic carbocycles. The van der Waals surface area contributed by atoms with E-state index in [-0.39, 0.29) is 57.7 Å². The van der Waals surface area contributed by atoms with Crippen LogP contribution in [-0.2, 0) is 110 Å². The number of alkyl carbamates (subject to hydrolysis) is 1. The minimum atomic E-state index is -1.65. The van der Waals surface area contributed by atoms with E-state index in [0.717, 1.165) is 47.1 Å². The Balaban J connectivity index is 1.26. The molecule has 538 valence electrons. The number of esters is 5. The molecule has 0 bridgehead atoms. The number of carbonyl (C=O) groups excluding carboxylic acids is 12. The van der Waals surface area contributed by atoms with Gasteiger partial charge in [0.25, 0.3) is 0 Å². The number of rotatable bonds is 37. The SMILES string of the molecule is COc1ccc(C(OC[C@@H](O)COC(=O)NCCNC(=O)[C@H](CCCCNC(=O)CO[C@@H]2O[C@H](COC(C)=O)[C@H](CC(C)=O)[C@H](OC(C)=O)[C@H]2NC(C)=O)NC(=O)CO[C@@H]2O[C@H](COC(C)=O)[C@H](OC(C)=O)[C@H](OC(C)=O)[C@H]2NC(C)=O)(c2ccccc2)c2ccc(OC)cc2)cc1. The van der Waals surface area contributed by atoms with Gasteiger partial charge in [-0.1, -0.05) is 54.6 Å². The van der Waals surface area contributed by atoms with Crippen LogP contribution in [-0.4, -0.2) is 217 Å². The summed E-state index contributed by atoms with van der Waals surface area (Å²) in [5.41, 5.74) is 0.815. The maximum atomic E-state index is 14.0. The summed E-state index contributed by atoms with van der Waals surface area (Å²) in [5.74, 6) is -7.66. The number of ether oxygens (including phenoxy) is 13. The quantitative estimate of drug-likeness (QED) is 0.0183. The van der Waals surface area contributed by atoms with Gasteiger partial charge in [-0.25, -0.2) is 4.79 Å². The van der Waals surface area contributed by atoms with Gasteiger partial charge in [0.2, 0.25) is 29.5 Å². The predicted octanol–water partition coefficient (Wildman–Crippen LogP) is 0.996. The standard InChI is InChI=1S/C66H88N6O26/c1-37(73)30-51-53(33-88-40(4)76)97-63(57(70-38(2)74)59(51)94-42(6)78)90-35-55(82)67-27-15-14-18-52(72-56(83)36-91-64-58(71-39(3)75)61(96-44(8)80)60(95-43(7)79)54(98-64)34-89-41(5)77)62(84)68-28-29-69-65(85)92-31-48(81)32-93-66(45-16-12-11-13-17-45,46-19-23-49(86-9)24-20-46)47-21-25-50(87-10)26-22-47/h11-13,16-17,19-26,48,51-54,57-61,63-64,81H,14-15,18,27-36H2,1-10H3,(H,67,82)(H,68,84)(H,69,85)(H,70,74)(H,71,75)(H,72,83)/t48-,51-,52-,53+,54+,57+,58+,59-,60-,61+,63+,64+/m0/s1. The number of unbranched alkanes of at least 4 members (excludes halogenated alkanes) is 1. The van der Waals surface area contributed by atoms with Crippen LogP contribution in [0.15, 0.2) is 78.9 Å². The van der Waals surface area contributed by atoms with Crippen LogP contribution in [0.25, 0.3) is 0 Å². The van der Waals surface area contributed by atoms with E-state index in [0.29, 0.717) is 22.6 Å². The van der Waals surface area contributed by atoms with Gasteiger partial charge in [0.05, 0.1) is 20.8 Å². The highest BCUT2D eigenvalue weighted by molar-refractivity contribution is 5.88. The molecule has 0 saturated carbocycles. The van der Waals surface area contributed by atoms with Crippen molar-refractivity contribution in [1.29, 1.82) is 0 Å². The molecular formula is C66H88N6O26. The fraction of sp³-hybridized carbons (Fsp3) is 0.545. The molecule has 0 aliphatic carbocycles. The first-order valence-electron chi connectivity index (χ1n) is 31.4. The molecule has 0 spiro atoms. The molecule has 98 heavy (non-hydrogen) atoms. The average Bonchev–Trinajstić information content (AvgIpc) is 0.764. The fourth-order valence-electron chi connectivity index (χ4n) is 10.9. The van der Waals surface area contributed by atoms with Crippen LogP contribution >= 0.6 is 0 Å². The average molecular weight is 1380 g/mol. The summed E-state index contributed by atoms with van der Waals surface area (Å²) in [6, 6.07) is 19.8. The second-order valence-corrected chi connectivity index (χ2v) is 22.8. The van der Waals surface area contributed by atoms with Gasteiger partial charge in [-0.2, -0.15) is 0 Å². The van der Waals surface area contributed by atoms with E-state index in [9.17, 15) is 62.6 Å². The topological polar surface area (TPSA) is 417 Å². The van der Waals surface area contributed by atoms with E-state index in [1.165, 1.54) is 13.8 Å². The van der Waals surface area contributed by atoms with Gasteiger partial charge < -0.3 is 103 Å². The zero-order chi connectivity index (χ0) is 72.1. The Hall–Kier alpha value is -9.34. The number of Topliss-reactive ketones (excluding diaryl/α,β-unsaturated/α-hetero) is 1. The van der Waals surface area contributed by atoms with Gasteiger partial charge in [-0.15, -0.1) is 0 Å². The number of benzene rings is 3. The summed E-state index contributed by atoms with van der Waals surface area (Å²) < 4.78 is 73.4. The Morgan fingerprint density at radius 1 is 0.520 bits per heavy atom. The number of amides is 6. The molecule has 32 heteroatoms. The Kier molecular flexibility index (Phi) is 32.2. The molecule has 2 aliphatic heterocycles. The number of nitrogens with one attached hydrogen (secondary N) is 6. The van der Waals surface area contributed by atoms with Crippen LogP contribution < -0.4 is 41.4 Å². The lowest BCUT2D eigenvalue weighted by Crippen LogP contribution is -2.66. The molecule has 12 atom stereocenters. The highest BCUT2D eigenvalue weighted by Gasteiger charge is 2.52. The monoisotopic (exact) mass is 1380 g/mol. The molecule has 0 unspecified atom stereocenters. The Labute approximate surface area is 566 Å². The van der Waals surface area contributed by atoms with Crippen molar-refractivity contribution in [1.82, 2.24) is 31.9 Å². The van der Waals surface area contributed by atoms with Gasteiger partial charge >= 0.3 is 35.9 Å². The van der Waals surface area contributed by atoms with Gasteiger partial charge in [-0.3, -0.25) is 47.9 Å². The number of hydrogen-bond donors (Lipinski definition) is 7. The first kappa shape index (κ1) is 79.3. The van der Waals surface area contributed by atoms with Gasteiger partial charge in [0, 0.05) is 80.4 Å². The highest BCUT2D eigenvalue weighted by Crippen LogP contribution is 2.42. The summed E-state index contributed by atoms with van der Waals surface area (Å²) in [4.78, 5) is 152. The number of hydrogen-bond acceptors (Lipinski definition) is 26. The lowest BCUT2D eigenvalue weighted by molar-refractivity contribution is -0.276. The summed E-state index contributed by atoms with van der Waals surface area (Å²) in [7, 11) is 3.09. The molecule has 2 saturated heterocycles. The Bertz CT molecular complexity index is 3130. The molecule has 6 amide bonds. The van der Waals surface area contributed by atoms with Crippen LogP contribution in [0.1, 0.15) is 97.8 Å². The van der Waals surface area contributed by atoms with Gasteiger partial charge in [0.15, 0.2) is 24.8 Å². The van der Waals surface area contributed by atoms with Crippen LogP contribution in [0.2, 0.25) is 0 Å². The van der Waals surface area contributed by atoms with Crippen LogP contribution in [0.5, 0.6) is 11.5 Å². The molecule has 7 N–H and O–H groups in total. The minimum absolute atomic E-state index is 0.0257. The van der Waals surface area contributed by atoms with Crippen LogP contribution in [0, 0.1) is 5.92 Å². The fourth-order valence-corrected chi connectivity index (χ4v) is 10.9. The van der Waals surface area contributed by atoms with Crippen molar-refractivity contribution in [3.8, 4) is 11.5 Å². The van der Waals surface area contributed by atoms with Gasteiger partial charge in [-0.05, 0) is 67.1 Å². The zero-order valence-electron chi connectivity index (χ0n) is 56.3. The Morgan fingerprint density at radius 2 is 1.01 bits per heavy atom. The van der Waals surface area contributed by atoms with Crippen molar-refractivity contribution in [2.24, 2.45) is 5.92 Å². The molecule has 32 nitrogen and oxygen atoms in total. The van der Waals surface area contributed by atoms with Crippen molar-refractivity contribution in [3.63, 3.8) is 0 Å². The third-order valence-corrected chi connectivity index (χ3v) is 15.0. The summed E-state index contributed by atoms with van der Waals surface area (Å²) in [5, 5.41) is 26.7. The predicted molar refractivity (Wildman–Crippen MR) is 339 cm³/mol. The van der Waals surface area contributed by atoms with E-state index in [4.69, 9.17) is 61.6 Å². The molecular weight excluding hydrogens is 1290 g/mol. The third kappa shape index (κ3) is 25.3. The lowest BCUT2D eigenvalue weighted by Gasteiger charge is -2.45. The van der Waals surface area contributed by atoms with E-state index in [1.807, 2.05) is 54.6 Å². The van der Waals surface area contributed by atoms with Crippen molar-refractivity contribution in [2.45, 2.75) is 154 Å². The third-order valence-electron chi connectivity index (χ3n) is 15.0. The zero-order valence-corrected chi connectivity index (χ0v) is 56.3. The second-order valence-electron chi connectivity index (χ2n) is 22.8. The number of aliphatic hydroxyl groups excluding tert-OH is 1. The van der Waals surface area contributed by atoms with Crippen molar-refractivity contribution < 1.29 is 124 Å². The smallest absolute Gasteiger partial charge is 0.407 e. The molecule has 2 heterocycles. The summed E-state index contributed by atoms with van der Waals surface area (Å²) >= 11 is 0. The molecule has 0 aromatic heterocycles. The maximum Gasteiger partial charge on any atom is 0.407 e. The lowest BCUT2D eigenvalue weighted by atomic mass is 9.80. The minimum Gasteiger partial charge on any atom is -0.497 e. The molecule has 2 aliphatic rings. The van der Waals surface area contributed by atoms with Crippen molar-refractivity contribution in [3.05, 3.63) is 95.6 Å². The van der Waals surface area contributed by atoms with Crippen molar-refractivity contribution >= 4 is 71.3 Å². The summed E-state index contributed by atoms with van der Waals surface area (Å²) in [6.45, 7) is 5.21. The molecule has 0 radical (unpaired) electrons. The molecule has 5 rings (SSSR count). The molecule has 2 fully saturated rings. The van der Waals surface area contributed by atoms with E-state index in [1.54, 1.807) is 38.5 Å². The van der Waals surface area contributed by atoms with E-state index >= 15 is 0 Å². The maximum absolute atomic E-state index is 14.0. The first-order valence-corrected chi connectivity index (χ1v) is 31.4. The molecule has 3 aromatic rings.